The molecule has 2 aromatic rings. The molecule has 0 unspecified atom stereocenters. The molecule has 0 radical (unpaired) electrons. The predicted octanol–water partition coefficient (Wildman–Crippen LogP) is 3.38. The number of nitrogens with one attached hydrogen (secondary N) is 1. The van der Waals surface area contributed by atoms with Crippen molar-refractivity contribution < 1.29 is 9.47 Å². The van der Waals surface area contributed by atoms with Crippen LogP contribution in [0.3, 0.4) is 0 Å². The molecule has 0 amide bonds. The summed E-state index contributed by atoms with van der Waals surface area (Å²) in [5.74, 6) is 2.39. The number of aromatic nitrogens is 2. The predicted molar refractivity (Wildman–Crippen MR) is 76.7 cm³/mol. The van der Waals surface area contributed by atoms with Gasteiger partial charge in [-0.15, -0.1) is 0 Å². The van der Waals surface area contributed by atoms with Crippen molar-refractivity contribution in [2.24, 2.45) is 0 Å². The fourth-order valence-electron chi connectivity index (χ4n) is 2.25. The van der Waals surface area contributed by atoms with E-state index >= 15 is 0 Å². The Hall–Kier alpha value is -2.30. The highest BCUT2D eigenvalue weighted by molar-refractivity contribution is 5.68. The Morgan fingerprint density at radius 1 is 1.25 bits per heavy atom. The minimum atomic E-state index is 0.250. The van der Waals surface area contributed by atoms with Crippen LogP contribution in [0.1, 0.15) is 31.0 Å². The van der Waals surface area contributed by atoms with Gasteiger partial charge in [0.05, 0.1) is 11.4 Å². The van der Waals surface area contributed by atoms with E-state index in [1.165, 1.54) is 0 Å². The van der Waals surface area contributed by atoms with Gasteiger partial charge in [-0.1, -0.05) is 19.9 Å². The van der Waals surface area contributed by atoms with Crippen LogP contribution in [0.4, 0.5) is 11.6 Å². The number of para-hydroxylation sites is 1. The third-order valence-corrected chi connectivity index (χ3v) is 3.20. The van der Waals surface area contributed by atoms with Crippen LogP contribution in [0.25, 0.3) is 0 Å². The molecule has 5 nitrogen and oxygen atoms in total. The first kappa shape index (κ1) is 12.7. The number of ether oxygens (including phenoxy) is 2. The van der Waals surface area contributed by atoms with Gasteiger partial charge in [-0.3, -0.25) is 0 Å². The van der Waals surface area contributed by atoms with Crippen molar-refractivity contribution in [1.82, 2.24) is 9.97 Å². The zero-order valence-electron chi connectivity index (χ0n) is 11.8. The van der Waals surface area contributed by atoms with Crippen LogP contribution in [0.2, 0.25) is 0 Å². The summed E-state index contributed by atoms with van der Waals surface area (Å²) in [5, 5.41) is 3.20. The van der Waals surface area contributed by atoms with Crippen LogP contribution < -0.4 is 14.8 Å². The van der Waals surface area contributed by atoms with Gasteiger partial charge in [0.2, 0.25) is 12.7 Å². The van der Waals surface area contributed by atoms with E-state index in [-0.39, 0.29) is 6.79 Å². The molecule has 0 spiro atoms. The maximum atomic E-state index is 5.46. The topological polar surface area (TPSA) is 56.3 Å². The van der Waals surface area contributed by atoms with E-state index in [0.29, 0.717) is 17.6 Å². The molecule has 0 saturated heterocycles. The lowest BCUT2D eigenvalue weighted by Crippen LogP contribution is -2.04. The average Bonchev–Trinajstić information content (AvgIpc) is 2.90. The second kappa shape index (κ2) is 5.00. The fraction of sp³-hybridized carbons (Fsp3) is 0.333. The lowest BCUT2D eigenvalue weighted by atomic mass is 10.1. The number of benzene rings is 1. The highest BCUT2D eigenvalue weighted by Crippen LogP contribution is 2.39. The van der Waals surface area contributed by atoms with Gasteiger partial charge in [0.15, 0.2) is 11.5 Å². The molecular weight excluding hydrogens is 254 g/mol. The van der Waals surface area contributed by atoms with E-state index in [1.54, 1.807) is 0 Å². The zero-order chi connectivity index (χ0) is 14.1. The third kappa shape index (κ3) is 2.27. The SMILES string of the molecule is Cc1cnc(Nc2cccc3c2OCO3)nc1C(C)C. The molecule has 1 aromatic heterocycles. The third-order valence-electron chi connectivity index (χ3n) is 3.20. The van der Waals surface area contributed by atoms with Crippen LogP contribution in [0.5, 0.6) is 11.5 Å². The monoisotopic (exact) mass is 271 g/mol. The Morgan fingerprint density at radius 2 is 2.10 bits per heavy atom. The number of aryl methyl sites for hydroxylation is 1. The molecule has 1 aliphatic heterocycles. The first-order valence-electron chi connectivity index (χ1n) is 6.64. The van der Waals surface area contributed by atoms with Crippen LogP contribution in [-0.4, -0.2) is 16.8 Å². The molecule has 0 bridgehead atoms. The van der Waals surface area contributed by atoms with Crippen molar-refractivity contribution in [2.75, 3.05) is 12.1 Å². The maximum absolute atomic E-state index is 5.46. The van der Waals surface area contributed by atoms with Gasteiger partial charge in [0.25, 0.3) is 0 Å². The van der Waals surface area contributed by atoms with E-state index in [9.17, 15) is 0 Å². The van der Waals surface area contributed by atoms with Crippen LogP contribution in [-0.2, 0) is 0 Å². The number of anilines is 2. The normalized spacial score (nSPS) is 12.8. The van der Waals surface area contributed by atoms with Crippen molar-refractivity contribution in [2.45, 2.75) is 26.7 Å². The number of fused-ring (bicyclic) bond motifs is 1. The van der Waals surface area contributed by atoms with Gasteiger partial charge in [-0.25, -0.2) is 9.97 Å². The van der Waals surface area contributed by atoms with Crippen molar-refractivity contribution in [3.8, 4) is 11.5 Å². The van der Waals surface area contributed by atoms with Gasteiger partial charge in [-0.05, 0) is 30.5 Å². The summed E-state index contributed by atoms with van der Waals surface area (Å²) in [5.41, 5.74) is 2.97. The lowest BCUT2D eigenvalue weighted by molar-refractivity contribution is 0.174. The standard InChI is InChI=1S/C15H17N3O2/c1-9(2)13-10(3)7-16-15(18-13)17-11-5-4-6-12-14(11)20-8-19-12/h4-7,9H,8H2,1-3H3,(H,16,17,18). The molecule has 1 aromatic carbocycles. The van der Waals surface area contributed by atoms with Gasteiger partial charge in [-0.2, -0.15) is 0 Å². The molecule has 0 fully saturated rings. The smallest absolute Gasteiger partial charge is 0.231 e. The first-order valence-corrected chi connectivity index (χ1v) is 6.64. The molecule has 0 saturated carbocycles. The van der Waals surface area contributed by atoms with Gasteiger partial charge < -0.3 is 14.8 Å². The Labute approximate surface area is 118 Å². The van der Waals surface area contributed by atoms with Gasteiger partial charge >= 0.3 is 0 Å². The number of nitrogens with zero attached hydrogens (tertiary/aromatic N) is 2. The molecule has 20 heavy (non-hydrogen) atoms. The van der Waals surface area contributed by atoms with E-state index in [1.807, 2.05) is 31.3 Å². The van der Waals surface area contributed by atoms with Crippen molar-refractivity contribution >= 4 is 11.6 Å². The number of rotatable bonds is 3. The molecule has 0 atom stereocenters. The molecule has 3 rings (SSSR count). The lowest BCUT2D eigenvalue weighted by Gasteiger charge is -2.12. The summed E-state index contributed by atoms with van der Waals surface area (Å²) in [6.45, 7) is 6.52. The largest absolute Gasteiger partial charge is 0.454 e. The van der Waals surface area contributed by atoms with E-state index < -0.39 is 0 Å². The van der Waals surface area contributed by atoms with Crippen LogP contribution >= 0.6 is 0 Å². The van der Waals surface area contributed by atoms with E-state index in [2.05, 4.69) is 29.1 Å². The van der Waals surface area contributed by atoms with Gasteiger partial charge in [0, 0.05) is 6.20 Å². The molecule has 5 heteroatoms. The Kier molecular flexibility index (Phi) is 3.18. The summed E-state index contributed by atoms with van der Waals surface area (Å²) in [6, 6.07) is 5.71. The molecule has 0 aliphatic carbocycles. The van der Waals surface area contributed by atoms with Crippen LogP contribution in [0, 0.1) is 6.92 Å². The van der Waals surface area contributed by atoms with Crippen LogP contribution in [0.15, 0.2) is 24.4 Å². The van der Waals surface area contributed by atoms with E-state index in [0.717, 1.165) is 22.7 Å². The molecule has 2 heterocycles. The summed E-state index contributed by atoms with van der Waals surface area (Å²) in [7, 11) is 0. The summed E-state index contributed by atoms with van der Waals surface area (Å²) >= 11 is 0. The van der Waals surface area contributed by atoms with Crippen molar-refractivity contribution in [3.05, 3.63) is 35.7 Å². The zero-order valence-corrected chi connectivity index (χ0v) is 11.8. The molecule has 104 valence electrons. The highest BCUT2D eigenvalue weighted by Gasteiger charge is 2.18. The Balaban J connectivity index is 1.92. The minimum Gasteiger partial charge on any atom is -0.454 e. The van der Waals surface area contributed by atoms with Gasteiger partial charge in [0.1, 0.15) is 0 Å². The summed E-state index contributed by atoms with van der Waals surface area (Å²) in [6.07, 6.45) is 1.84. The second-order valence-electron chi connectivity index (χ2n) is 5.08. The minimum absolute atomic E-state index is 0.250. The molecule has 1 N–H and O–H groups in total. The fourth-order valence-corrected chi connectivity index (χ4v) is 2.25. The Morgan fingerprint density at radius 3 is 2.90 bits per heavy atom. The highest BCUT2D eigenvalue weighted by atomic mass is 16.7. The maximum Gasteiger partial charge on any atom is 0.231 e. The molecule has 1 aliphatic rings. The van der Waals surface area contributed by atoms with Crippen molar-refractivity contribution in [1.29, 1.82) is 0 Å². The van der Waals surface area contributed by atoms with Crippen molar-refractivity contribution in [3.63, 3.8) is 0 Å². The Bertz CT molecular complexity index is 641. The summed E-state index contributed by atoms with van der Waals surface area (Å²) < 4.78 is 10.8. The quantitative estimate of drug-likeness (QED) is 0.927. The second-order valence-corrected chi connectivity index (χ2v) is 5.08. The number of hydrogen-bond acceptors (Lipinski definition) is 5. The average molecular weight is 271 g/mol. The first-order chi connectivity index (χ1) is 9.65. The summed E-state index contributed by atoms with van der Waals surface area (Å²) in [4.78, 5) is 8.90. The number of hydrogen-bond donors (Lipinski definition) is 1. The molecular formula is C15H17N3O2. The van der Waals surface area contributed by atoms with E-state index in [4.69, 9.17) is 9.47 Å².